The highest BCUT2D eigenvalue weighted by molar-refractivity contribution is 5.94. The average molecular weight is 283 g/mol. The van der Waals surface area contributed by atoms with Crippen molar-refractivity contribution in [2.45, 2.75) is 33.8 Å². The van der Waals surface area contributed by atoms with Crippen LogP contribution in [-0.4, -0.2) is 12.0 Å². The van der Waals surface area contributed by atoms with Crippen LogP contribution in [-0.2, 0) is 4.79 Å². The summed E-state index contributed by atoms with van der Waals surface area (Å²) in [5.41, 5.74) is 3.96. The van der Waals surface area contributed by atoms with E-state index in [1.807, 2.05) is 63.2 Å². The van der Waals surface area contributed by atoms with E-state index in [9.17, 15) is 4.79 Å². The van der Waals surface area contributed by atoms with Gasteiger partial charge in [0, 0.05) is 5.69 Å². The fourth-order valence-corrected chi connectivity index (χ4v) is 2.18. The number of hydrogen-bond acceptors (Lipinski definition) is 2. The number of rotatable bonds is 4. The summed E-state index contributed by atoms with van der Waals surface area (Å²) in [5, 5.41) is 2.88. The van der Waals surface area contributed by atoms with Gasteiger partial charge in [-0.05, 0) is 56.5 Å². The Morgan fingerprint density at radius 3 is 2.29 bits per heavy atom. The lowest BCUT2D eigenvalue weighted by molar-refractivity contribution is -0.122. The number of amides is 1. The number of benzene rings is 2. The number of carbonyl (C=O) groups excluding carboxylic acids is 1. The Hall–Kier alpha value is -2.29. The zero-order chi connectivity index (χ0) is 15.4. The standard InChI is InChI=1S/C18H21NO2/c1-12-7-5-10-16(11-12)19-18(20)15(4)21-17-13(2)8-6-9-14(17)3/h5-11,15H,1-4H3,(H,19,20). The molecule has 0 saturated heterocycles. The van der Waals surface area contributed by atoms with Gasteiger partial charge in [-0.25, -0.2) is 0 Å². The van der Waals surface area contributed by atoms with Gasteiger partial charge in [0.05, 0.1) is 0 Å². The molecule has 110 valence electrons. The van der Waals surface area contributed by atoms with Crippen LogP contribution in [0.2, 0.25) is 0 Å². The Morgan fingerprint density at radius 2 is 1.67 bits per heavy atom. The minimum atomic E-state index is -0.551. The van der Waals surface area contributed by atoms with E-state index in [1.54, 1.807) is 6.92 Å². The number of carbonyl (C=O) groups is 1. The molecule has 1 atom stereocenters. The molecule has 2 aromatic rings. The van der Waals surface area contributed by atoms with Gasteiger partial charge in [-0.1, -0.05) is 30.3 Å². The molecule has 0 aliphatic carbocycles. The lowest BCUT2D eigenvalue weighted by atomic mass is 10.1. The highest BCUT2D eigenvalue weighted by Crippen LogP contribution is 2.23. The van der Waals surface area contributed by atoms with Gasteiger partial charge in [-0.3, -0.25) is 4.79 Å². The normalized spacial score (nSPS) is 11.8. The lowest BCUT2D eigenvalue weighted by Gasteiger charge is -2.18. The molecule has 21 heavy (non-hydrogen) atoms. The summed E-state index contributed by atoms with van der Waals surface area (Å²) in [6, 6.07) is 13.7. The molecule has 2 rings (SSSR count). The molecule has 3 nitrogen and oxygen atoms in total. The molecule has 1 amide bonds. The van der Waals surface area contributed by atoms with Gasteiger partial charge < -0.3 is 10.1 Å². The van der Waals surface area contributed by atoms with Crippen LogP contribution in [0.15, 0.2) is 42.5 Å². The lowest BCUT2D eigenvalue weighted by Crippen LogP contribution is -2.30. The smallest absolute Gasteiger partial charge is 0.265 e. The molecule has 0 aliphatic heterocycles. The predicted molar refractivity (Wildman–Crippen MR) is 85.8 cm³/mol. The van der Waals surface area contributed by atoms with E-state index in [0.29, 0.717) is 0 Å². The van der Waals surface area contributed by atoms with Gasteiger partial charge in [0.15, 0.2) is 6.10 Å². The highest BCUT2D eigenvalue weighted by atomic mass is 16.5. The molecule has 1 N–H and O–H groups in total. The molecule has 0 aliphatic rings. The first-order valence-corrected chi connectivity index (χ1v) is 7.08. The molecule has 0 bridgehead atoms. The van der Waals surface area contributed by atoms with Crippen molar-refractivity contribution in [3.05, 3.63) is 59.2 Å². The van der Waals surface area contributed by atoms with Crippen LogP contribution in [0, 0.1) is 20.8 Å². The molecule has 0 saturated carbocycles. The number of anilines is 1. The van der Waals surface area contributed by atoms with E-state index in [0.717, 1.165) is 28.1 Å². The zero-order valence-electron chi connectivity index (χ0n) is 12.9. The second-order valence-electron chi connectivity index (χ2n) is 5.34. The van der Waals surface area contributed by atoms with Gasteiger partial charge in [0.25, 0.3) is 5.91 Å². The average Bonchev–Trinajstić information content (AvgIpc) is 2.43. The van der Waals surface area contributed by atoms with Crippen molar-refractivity contribution in [1.29, 1.82) is 0 Å². The van der Waals surface area contributed by atoms with Gasteiger partial charge >= 0.3 is 0 Å². The molecule has 0 spiro atoms. The van der Waals surface area contributed by atoms with E-state index in [4.69, 9.17) is 4.74 Å². The Bertz CT molecular complexity index is 629. The molecular weight excluding hydrogens is 262 g/mol. The first kappa shape index (κ1) is 15.1. The number of para-hydroxylation sites is 1. The third-order valence-corrected chi connectivity index (χ3v) is 3.36. The maximum atomic E-state index is 12.2. The molecule has 1 unspecified atom stereocenters. The number of ether oxygens (including phenoxy) is 1. The Balaban J connectivity index is 2.06. The largest absolute Gasteiger partial charge is 0.480 e. The molecule has 0 aromatic heterocycles. The van der Waals surface area contributed by atoms with Crippen LogP contribution < -0.4 is 10.1 Å². The van der Waals surface area contributed by atoms with Crippen LogP contribution >= 0.6 is 0 Å². The number of aryl methyl sites for hydroxylation is 3. The Kier molecular flexibility index (Phi) is 4.63. The molecular formula is C18H21NO2. The third-order valence-electron chi connectivity index (χ3n) is 3.36. The van der Waals surface area contributed by atoms with Gasteiger partial charge in [-0.15, -0.1) is 0 Å². The van der Waals surface area contributed by atoms with Crippen molar-refractivity contribution in [1.82, 2.24) is 0 Å². The van der Waals surface area contributed by atoms with Crippen molar-refractivity contribution < 1.29 is 9.53 Å². The SMILES string of the molecule is Cc1cccc(NC(=O)C(C)Oc2c(C)cccc2C)c1. The summed E-state index contributed by atoms with van der Waals surface area (Å²) in [7, 11) is 0. The fraction of sp³-hybridized carbons (Fsp3) is 0.278. The molecule has 0 heterocycles. The van der Waals surface area contributed by atoms with Gasteiger partial charge in [0.1, 0.15) is 5.75 Å². The first-order chi connectivity index (χ1) is 9.97. The minimum absolute atomic E-state index is 0.150. The van der Waals surface area contributed by atoms with Crippen LogP contribution in [0.3, 0.4) is 0 Å². The fourth-order valence-electron chi connectivity index (χ4n) is 2.18. The van der Waals surface area contributed by atoms with Crippen LogP contribution in [0.4, 0.5) is 5.69 Å². The van der Waals surface area contributed by atoms with Gasteiger partial charge in [-0.2, -0.15) is 0 Å². The monoisotopic (exact) mass is 283 g/mol. The van der Waals surface area contributed by atoms with Crippen molar-refractivity contribution >= 4 is 11.6 Å². The topological polar surface area (TPSA) is 38.3 Å². The second-order valence-corrected chi connectivity index (χ2v) is 5.34. The van der Waals surface area contributed by atoms with Crippen LogP contribution in [0.5, 0.6) is 5.75 Å². The quantitative estimate of drug-likeness (QED) is 0.920. The predicted octanol–water partition coefficient (Wildman–Crippen LogP) is 4.02. The summed E-state index contributed by atoms with van der Waals surface area (Å²) >= 11 is 0. The maximum absolute atomic E-state index is 12.2. The summed E-state index contributed by atoms with van der Waals surface area (Å²) in [6.45, 7) is 7.71. The third kappa shape index (κ3) is 3.85. The maximum Gasteiger partial charge on any atom is 0.265 e. The first-order valence-electron chi connectivity index (χ1n) is 7.08. The Morgan fingerprint density at radius 1 is 1.05 bits per heavy atom. The van der Waals surface area contributed by atoms with E-state index in [-0.39, 0.29) is 5.91 Å². The van der Waals surface area contributed by atoms with E-state index in [2.05, 4.69) is 5.32 Å². The molecule has 3 heteroatoms. The molecule has 0 fully saturated rings. The highest BCUT2D eigenvalue weighted by Gasteiger charge is 2.16. The van der Waals surface area contributed by atoms with E-state index < -0.39 is 6.10 Å². The van der Waals surface area contributed by atoms with Crippen LogP contribution in [0.1, 0.15) is 23.6 Å². The summed E-state index contributed by atoms with van der Waals surface area (Å²) in [5.74, 6) is 0.632. The summed E-state index contributed by atoms with van der Waals surface area (Å²) in [6.07, 6.45) is -0.551. The molecule has 2 aromatic carbocycles. The van der Waals surface area contributed by atoms with Crippen LogP contribution in [0.25, 0.3) is 0 Å². The van der Waals surface area contributed by atoms with E-state index in [1.165, 1.54) is 0 Å². The zero-order valence-corrected chi connectivity index (χ0v) is 12.9. The van der Waals surface area contributed by atoms with Crippen molar-refractivity contribution in [3.8, 4) is 5.75 Å². The van der Waals surface area contributed by atoms with Crippen molar-refractivity contribution in [2.24, 2.45) is 0 Å². The minimum Gasteiger partial charge on any atom is -0.480 e. The Labute approximate surface area is 126 Å². The summed E-state index contributed by atoms with van der Waals surface area (Å²) in [4.78, 5) is 12.2. The van der Waals surface area contributed by atoms with Crippen molar-refractivity contribution in [2.75, 3.05) is 5.32 Å². The molecule has 0 radical (unpaired) electrons. The second kappa shape index (κ2) is 6.44. The van der Waals surface area contributed by atoms with E-state index >= 15 is 0 Å². The van der Waals surface area contributed by atoms with Gasteiger partial charge in [0.2, 0.25) is 0 Å². The summed E-state index contributed by atoms with van der Waals surface area (Å²) < 4.78 is 5.83. The number of hydrogen-bond donors (Lipinski definition) is 1. The number of nitrogens with one attached hydrogen (secondary N) is 1. The van der Waals surface area contributed by atoms with Crippen molar-refractivity contribution in [3.63, 3.8) is 0 Å².